The fraction of sp³-hybridized carbons (Fsp3) is 0.333. The Labute approximate surface area is 178 Å². The molecule has 0 saturated heterocycles. The second-order valence-corrected chi connectivity index (χ2v) is 8.45. The number of aryl methyl sites for hydroxylation is 1. The first-order chi connectivity index (χ1) is 14.5. The maximum absolute atomic E-state index is 12.5. The Morgan fingerprint density at radius 1 is 1.20 bits per heavy atom. The summed E-state index contributed by atoms with van der Waals surface area (Å²) in [6.07, 6.45) is 4.04. The normalized spacial score (nSPS) is 18.7. The number of nitrogens with two attached hydrogens (primary N) is 2. The first kappa shape index (κ1) is 20.1. The number of anilines is 2. The number of carbonyl (C=O) groups excluding carboxylic acids is 1. The van der Waals surface area contributed by atoms with Gasteiger partial charge in [-0.1, -0.05) is 30.5 Å². The van der Waals surface area contributed by atoms with Crippen LogP contribution in [0.4, 0.5) is 11.8 Å². The van der Waals surface area contributed by atoms with E-state index in [1.54, 1.807) is 6.07 Å². The smallest absolute Gasteiger partial charge is 0.268 e. The van der Waals surface area contributed by atoms with Gasteiger partial charge in [0.15, 0.2) is 5.96 Å². The van der Waals surface area contributed by atoms with E-state index in [1.807, 2.05) is 36.6 Å². The van der Waals surface area contributed by atoms with E-state index in [1.165, 1.54) is 11.3 Å². The minimum absolute atomic E-state index is 0.0114. The van der Waals surface area contributed by atoms with Crippen LogP contribution in [0.3, 0.4) is 0 Å². The fourth-order valence-corrected chi connectivity index (χ4v) is 4.40. The topological polar surface area (TPSA) is 131 Å². The van der Waals surface area contributed by atoms with Gasteiger partial charge in [-0.2, -0.15) is 4.98 Å². The zero-order chi connectivity index (χ0) is 21.1. The molecule has 0 spiro atoms. The molecule has 9 heteroatoms. The average Bonchev–Trinajstić information content (AvgIpc) is 3.25. The second-order valence-electron chi connectivity index (χ2n) is 7.50. The number of aromatic nitrogens is 2. The van der Waals surface area contributed by atoms with E-state index >= 15 is 0 Å². The summed E-state index contributed by atoms with van der Waals surface area (Å²) in [7, 11) is 0. The van der Waals surface area contributed by atoms with E-state index in [4.69, 9.17) is 11.5 Å². The molecule has 4 rings (SSSR count). The number of rotatable bonds is 5. The van der Waals surface area contributed by atoms with Crippen molar-refractivity contribution < 1.29 is 4.79 Å². The van der Waals surface area contributed by atoms with Crippen molar-refractivity contribution in [3.8, 4) is 0 Å². The standard InChI is InChI=1S/C21H25N7OS/c1-12-8-9-14-13(11-12)18(24-15-5-2-3-6-16(15)25-20(22)23)27-21(26-14)28-19(29)17-7-4-10-30-17/h4,7-11,15-16H,2-3,5-6H2,1H3,(H4,22,23,25)(H2,24,26,27,28,29). The summed E-state index contributed by atoms with van der Waals surface area (Å²) in [5.41, 5.74) is 13.1. The van der Waals surface area contributed by atoms with Crippen LogP contribution in [0.2, 0.25) is 0 Å². The highest BCUT2D eigenvalue weighted by Crippen LogP contribution is 2.29. The van der Waals surface area contributed by atoms with E-state index in [9.17, 15) is 4.79 Å². The van der Waals surface area contributed by atoms with Crippen LogP contribution in [0.5, 0.6) is 0 Å². The van der Waals surface area contributed by atoms with E-state index in [0.717, 1.165) is 42.1 Å². The molecule has 2 heterocycles. The number of aliphatic imine (C=N–C) groups is 1. The van der Waals surface area contributed by atoms with Gasteiger partial charge in [-0.05, 0) is 43.3 Å². The SMILES string of the molecule is Cc1ccc2nc(NC(=O)c3cccs3)nc(NC3CCCCC3N=C(N)N)c2c1. The second kappa shape index (κ2) is 8.66. The molecule has 1 aliphatic rings. The predicted octanol–water partition coefficient (Wildman–Crippen LogP) is 3.25. The molecule has 2 aromatic heterocycles. The molecule has 0 bridgehead atoms. The lowest BCUT2D eigenvalue weighted by Gasteiger charge is -2.30. The number of benzene rings is 1. The number of thiophene rings is 1. The van der Waals surface area contributed by atoms with Gasteiger partial charge in [-0.15, -0.1) is 11.3 Å². The third-order valence-electron chi connectivity index (χ3n) is 5.19. The Bertz CT molecular complexity index is 1080. The molecule has 1 fully saturated rings. The van der Waals surface area contributed by atoms with Crippen molar-refractivity contribution in [2.45, 2.75) is 44.7 Å². The van der Waals surface area contributed by atoms with Crippen molar-refractivity contribution in [1.82, 2.24) is 9.97 Å². The summed E-state index contributed by atoms with van der Waals surface area (Å²) < 4.78 is 0. The number of amides is 1. The predicted molar refractivity (Wildman–Crippen MR) is 122 cm³/mol. The average molecular weight is 424 g/mol. The number of fused-ring (bicyclic) bond motifs is 1. The molecule has 0 aliphatic heterocycles. The van der Waals surface area contributed by atoms with Gasteiger partial charge in [0.2, 0.25) is 5.95 Å². The lowest BCUT2D eigenvalue weighted by Crippen LogP contribution is -2.38. The summed E-state index contributed by atoms with van der Waals surface area (Å²) in [6.45, 7) is 2.03. The maximum atomic E-state index is 12.5. The van der Waals surface area contributed by atoms with E-state index in [2.05, 4.69) is 25.6 Å². The Morgan fingerprint density at radius 3 is 2.80 bits per heavy atom. The summed E-state index contributed by atoms with van der Waals surface area (Å²) in [6, 6.07) is 9.62. The highest BCUT2D eigenvalue weighted by molar-refractivity contribution is 7.12. The molecule has 30 heavy (non-hydrogen) atoms. The molecule has 0 radical (unpaired) electrons. The van der Waals surface area contributed by atoms with Gasteiger partial charge in [0, 0.05) is 5.39 Å². The van der Waals surface area contributed by atoms with Crippen molar-refractivity contribution in [2.75, 3.05) is 10.6 Å². The lowest BCUT2D eigenvalue weighted by atomic mass is 9.90. The molecular weight excluding hydrogens is 398 g/mol. The van der Waals surface area contributed by atoms with Gasteiger partial charge in [0.25, 0.3) is 5.91 Å². The van der Waals surface area contributed by atoms with Crippen LogP contribution in [0.25, 0.3) is 10.9 Å². The third-order valence-corrected chi connectivity index (χ3v) is 6.06. The highest BCUT2D eigenvalue weighted by Gasteiger charge is 2.26. The van der Waals surface area contributed by atoms with Gasteiger partial charge in [0.05, 0.1) is 22.5 Å². The molecule has 2 atom stereocenters. The molecule has 1 saturated carbocycles. The Morgan fingerprint density at radius 2 is 2.03 bits per heavy atom. The molecule has 1 amide bonds. The molecule has 1 aliphatic carbocycles. The maximum Gasteiger partial charge on any atom is 0.268 e. The van der Waals surface area contributed by atoms with E-state index in [0.29, 0.717) is 10.7 Å². The van der Waals surface area contributed by atoms with Crippen molar-refractivity contribution in [1.29, 1.82) is 0 Å². The highest BCUT2D eigenvalue weighted by atomic mass is 32.1. The third kappa shape index (κ3) is 4.51. The van der Waals surface area contributed by atoms with Crippen LogP contribution in [-0.4, -0.2) is 33.9 Å². The van der Waals surface area contributed by atoms with Crippen molar-refractivity contribution in [3.05, 3.63) is 46.2 Å². The summed E-state index contributed by atoms with van der Waals surface area (Å²) in [5, 5.41) is 9.11. The number of carbonyl (C=O) groups is 1. The van der Waals surface area contributed by atoms with Gasteiger partial charge < -0.3 is 16.8 Å². The zero-order valence-electron chi connectivity index (χ0n) is 16.8. The number of nitrogens with zero attached hydrogens (tertiary/aromatic N) is 3. The quantitative estimate of drug-likeness (QED) is 0.368. The van der Waals surface area contributed by atoms with E-state index in [-0.39, 0.29) is 29.9 Å². The van der Waals surface area contributed by atoms with Crippen LogP contribution in [0.15, 0.2) is 40.7 Å². The first-order valence-electron chi connectivity index (χ1n) is 9.98. The molecule has 6 N–H and O–H groups in total. The zero-order valence-corrected chi connectivity index (χ0v) is 17.6. The number of nitrogens with one attached hydrogen (secondary N) is 2. The molecule has 3 aromatic rings. The number of guanidine groups is 1. The van der Waals surface area contributed by atoms with Gasteiger partial charge >= 0.3 is 0 Å². The molecule has 156 valence electrons. The van der Waals surface area contributed by atoms with Gasteiger partial charge in [-0.3, -0.25) is 10.1 Å². The summed E-state index contributed by atoms with van der Waals surface area (Å²) in [4.78, 5) is 26.7. The first-order valence-corrected chi connectivity index (χ1v) is 10.9. The van der Waals surface area contributed by atoms with Crippen LogP contribution in [0.1, 0.15) is 40.9 Å². The largest absolute Gasteiger partial charge is 0.370 e. The van der Waals surface area contributed by atoms with Gasteiger partial charge in [-0.25, -0.2) is 9.98 Å². The summed E-state index contributed by atoms with van der Waals surface area (Å²) in [5.74, 6) is 0.814. The minimum atomic E-state index is -0.224. The van der Waals surface area contributed by atoms with Crippen LogP contribution in [-0.2, 0) is 0 Å². The van der Waals surface area contributed by atoms with Crippen molar-refractivity contribution >= 4 is 45.9 Å². The lowest BCUT2D eigenvalue weighted by molar-refractivity contribution is 0.102. The molecule has 1 aromatic carbocycles. The fourth-order valence-electron chi connectivity index (χ4n) is 3.78. The van der Waals surface area contributed by atoms with Crippen molar-refractivity contribution in [3.63, 3.8) is 0 Å². The summed E-state index contributed by atoms with van der Waals surface area (Å²) >= 11 is 1.37. The molecule has 8 nitrogen and oxygen atoms in total. The number of hydrogen-bond donors (Lipinski definition) is 4. The van der Waals surface area contributed by atoms with E-state index < -0.39 is 0 Å². The van der Waals surface area contributed by atoms with Crippen molar-refractivity contribution in [2.24, 2.45) is 16.5 Å². The Hall–Kier alpha value is -3.20. The minimum Gasteiger partial charge on any atom is -0.370 e. The Kier molecular flexibility index (Phi) is 5.80. The van der Waals surface area contributed by atoms with Crippen LogP contribution >= 0.6 is 11.3 Å². The van der Waals surface area contributed by atoms with Crippen LogP contribution < -0.4 is 22.1 Å². The van der Waals surface area contributed by atoms with Crippen LogP contribution in [0, 0.1) is 6.92 Å². The molecule has 2 unspecified atom stereocenters. The molecular formula is C21H25N7OS. The monoisotopic (exact) mass is 423 g/mol. The number of hydrogen-bond acceptors (Lipinski definition) is 6. The Balaban J connectivity index is 1.68. The van der Waals surface area contributed by atoms with Gasteiger partial charge in [0.1, 0.15) is 5.82 Å².